The molecule has 0 radical (unpaired) electrons. The maximum absolute atomic E-state index is 12.9. The molecule has 454 valence electrons. The van der Waals surface area contributed by atoms with E-state index in [0.717, 1.165) is 103 Å². The van der Waals surface area contributed by atoms with E-state index in [4.69, 9.17) is 14.2 Å². The maximum Gasteiger partial charge on any atom is 0.306 e. The topological polar surface area (TPSA) is 78.9 Å². The molecule has 1 atom stereocenters. The van der Waals surface area contributed by atoms with Gasteiger partial charge in [0.05, 0.1) is 0 Å². The molecule has 0 aliphatic heterocycles. The largest absolute Gasteiger partial charge is 0.462 e. The molecule has 0 aromatic heterocycles. The lowest BCUT2D eigenvalue weighted by molar-refractivity contribution is -0.167. The van der Waals surface area contributed by atoms with E-state index in [2.05, 4.69) is 81.5 Å². The van der Waals surface area contributed by atoms with Crippen molar-refractivity contribution in [3.63, 3.8) is 0 Å². The van der Waals surface area contributed by atoms with E-state index < -0.39 is 6.10 Å². The fourth-order valence-corrected chi connectivity index (χ4v) is 10.1. The number of esters is 3. The van der Waals surface area contributed by atoms with Gasteiger partial charge in [-0.2, -0.15) is 0 Å². The Balaban J connectivity index is 4.30. The van der Waals surface area contributed by atoms with Crippen LogP contribution in [0.25, 0.3) is 0 Å². The zero-order chi connectivity index (χ0) is 56.4. The highest BCUT2D eigenvalue weighted by Gasteiger charge is 2.19. The molecule has 0 saturated heterocycles. The average molecular weight is 1090 g/mol. The average Bonchev–Trinajstić information content (AvgIpc) is 3.44. The van der Waals surface area contributed by atoms with Gasteiger partial charge in [0, 0.05) is 19.3 Å². The first kappa shape index (κ1) is 75.1. The van der Waals surface area contributed by atoms with E-state index in [9.17, 15) is 14.4 Å². The third kappa shape index (κ3) is 63.9. The first-order valence-electron chi connectivity index (χ1n) is 34.3. The summed E-state index contributed by atoms with van der Waals surface area (Å²) in [6, 6.07) is 0. The molecule has 0 aromatic carbocycles. The smallest absolute Gasteiger partial charge is 0.306 e. The third-order valence-electron chi connectivity index (χ3n) is 15.2. The minimum absolute atomic E-state index is 0.0811. The molecular weight excluding hydrogens is 961 g/mol. The fourth-order valence-electron chi connectivity index (χ4n) is 10.1. The van der Waals surface area contributed by atoms with Crippen molar-refractivity contribution in [2.45, 2.75) is 367 Å². The van der Waals surface area contributed by atoms with Crippen molar-refractivity contribution in [3.05, 3.63) is 60.8 Å². The van der Waals surface area contributed by atoms with Crippen molar-refractivity contribution < 1.29 is 28.6 Å². The molecule has 0 bridgehead atoms. The Labute approximate surface area is 485 Å². The molecule has 0 rings (SSSR count). The van der Waals surface area contributed by atoms with Gasteiger partial charge < -0.3 is 14.2 Å². The van der Waals surface area contributed by atoms with Crippen molar-refractivity contribution in [1.29, 1.82) is 0 Å². The maximum atomic E-state index is 12.9. The summed E-state index contributed by atoms with van der Waals surface area (Å²) in [7, 11) is 0. The Bertz CT molecular complexity index is 1390. The molecule has 0 fully saturated rings. The molecule has 6 heteroatoms. The Hall–Kier alpha value is -2.89. The van der Waals surface area contributed by atoms with Gasteiger partial charge >= 0.3 is 17.9 Å². The zero-order valence-electron chi connectivity index (χ0n) is 52.2. The molecule has 0 N–H and O–H groups in total. The van der Waals surface area contributed by atoms with E-state index in [1.165, 1.54) is 218 Å². The monoisotopic (exact) mass is 1090 g/mol. The van der Waals surface area contributed by atoms with Gasteiger partial charge in [-0.1, -0.05) is 319 Å². The van der Waals surface area contributed by atoms with Crippen LogP contribution in [0.1, 0.15) is 361 Å². The van der Waals surface area contributed by atoms with E-state index in [0.29, 0.717) is 19.3 Å². The van der Waals surface area contributed by atoms with Crippen molar-refractivity contribution in [1.82, 2.24) is 0 Å². The van der Waals surface area contributed by atoms with Gasteiger partial charge in [-0.15, -0.1) is 0 Å². The minimum atomic E-state index is -0.787. The third-order valence-corrected chi connectivity index (χ3v) is 15.2. The van der Waals surface area contributed by atoms with Crippen LogP contribution in [0.2, 0.25) is 0 Å². The summed E-state index contributed by atoms with van der Waals surface area (Å²) >= 11 is 0. The van der Waals surface area contributed by atoms with Gasteiger partial charge in [0.2, 0.25) is 0 Å². The standard InChI is InChI=1S/C72H130O6/c1-4-7-10-13-16-19-22-25-28-30-32-34-35-36-37-39-40-42-44-47-50-53-56-59-62-65-71(74)77-68-69(67-76-70(73)64-61-58-55-52-49-46-27-24-21-18-15-12-9-6-3)78-72(75)66-63-60-57-54-51-48-45-43-41-38-33-31-29-26-23-20-17-14-11-8-5-2/h15,18,23-24,26-27,31,33,41,43,69H,4-14,16-17,19-22,25,28-30,32,34-40,42,44-68H2,1-3H3/b18-15-,26-23-,27-24-,33-31-,43-41-. The van der Waals surface area contributed by atoms with Crippen LogP contribution in [0.4, 0.5) is 0 Å². The van der Waals surface area contributed by atoms with Crippen LogP contribution in [0, 0.1) is 0 Å². The lowest BCUT2D eigenvalue weighted by Crippen LogP contribution is -2.30. The Morgan fingerprint density at radius 1 is 0.256 bits per heavy atom. The van der Waals surface area contributed by atoms with Gasteiger partial charge in [0.15, 0.2) is 6.10 Å². The van der Waals surface area contributed by atoms with E-state index >= 15 is 0 Å². The summed E-state index contributed by atoms with van der Waals surface area (Å²) < 4.78 is 17.0. The summed E-state index contributed by atoms with van der Waals surface area (Å²) in [5, 5.41) is 0. The molecule has 0 heterocycles. The summed E-state index contributed by atoms with van der Waals surface area (Å²) in [6.07, 6.45) is 85.3. The van der Waals surface area contributed by atoms with Crippen LogP contribution in [-0.2, 0) is 28.6 Å². The molecule has 78 heavy (non-hydrogen) atoms. The highest BCUT2D eigenvalue weighted by molar-refractivity contribution is 5.71. The fraction of sp³-hybridized carbons (Fsp3) is 0.819. The first-order chi connectivity index (χ1) is 38.5. The number of carbonyl (C=O) groups is 3. The Morgan fingerprint density at radius 3 is 0.756 bits per heavy atom. The van der Waals surface area contributed by atoms with Gasteiger partial charge in [-0.25, -0.2) is 0 Å². The molecule has 0 amide bonds. The summed E-state index contributed by atoms with van der Waals surface area (Å²) in [5.74, 6) is -0.888. The lowest BCUT2D eigenvalue weighted by Gasteiger charge is -2.18. The lowest BCUT2D eigenvalue weighted by atomic mass is 10.0. The number of carbonyl (C=O) groups excluding carboxylic acids is 3. The Morgan fingerprint density at radius 2 is 0.474 bits per heavy atom. The van der Waals surface area contributed by atoms with Gasteiger partial charge in [-0.05, 0) is 83.5 Å². The van der Waals surface area contributed by atoms with Gasteiger partial charge in [-0.3, -0.25) is 14.4 Å². The molecule has 6 nitrogen and oxygen atoms in total. The van der Waals surface area contributed by atoms with Crippen LogP contribution in [0.15, 0.2) is 60.8 Å². The van der Waals surface area contributed by atoms with Crippen LogP contribution >= 0.6 is 0 Å². The predicted octanol–water partition coefficient (Wildman–Crippen LogP) is 23.5. The molecule has 0 aromatic rings. The van der Waals surface area contributed by atoms with Gasteiger partial charge in [0.25, 0.3) is 0 Å². The van der Waals surface area contributed by atoms with Gasteiger partial charge in [0.1, 0.15) is 13.2 Å². The van der Waals surface area contributed by atoms with Crippen LogP contribution in [0.3, 0.4) is 0 Å². The van der Waals surface area contributed by atoms with Crippen molar-refractivity contribution in [2.75, 3.05) is 13.2 Å². The van der Waals surface area contributed by atoms with Crippen molar-refractivity contribution in [2.24, 2.45) is 0 Å². The quantitative estimate of drug-likeness (QED) is 0.0261. The molecule has 0 saturated carbocycles. The number of hydrogen-bond acceptors (Lipinski definition) is 6. The normalized spacial score (nSPS) is 12.4. The molecule has 0 aliphatic carbocycles. The second-order valence-corrected chi connectivity index (χ2v) is 23.1. The van der Waals surface area contributed by atoms with Crippen LogP contribution in [-0.4, -0.2) is 37.2 Å². The summed E-state index contributed by atoms with van der Waals surface area (Å²) in [6.45, 7) is 6.62. The number of ether oxygens (including phenoxy) is 3. The van der Waals surface area contributed by atoms with E-state index in [1.807, 2.05) is 0 Å². The minimum Gasteiger partial charge on any atom is -0.462 e. The predicted molar refractivity (Wildman–Crippen MR) is 339 cm³/mol. The number of hydrogen-bond donors (Lipinski definition) is 0. The second kappa shape index (κ2) is 66.6. The molecule has 1 unspecified atom stereocenters. The van der Waals surface area contributed by atoms with E-state index in [1.54, 1.807) is 0 Å². The highest BCUT2D eigenvalue weighted by Crippen LogP contribution is 2.18. The highest BCUT2D eigenvalue weighted by atomic mass is 16.6. The number of rotatable bonds is 63. The SMILES string of the molecule is CCCC/C=C\C/C=C\CCCCCCCC(=O)OCC(COC(=O)CCCCCCCCCCCCCCCCCCCCCCCCCCC)OC(=O)CCCCCCCC/C=C\C/C=C\C/C=C\CCCCCCC. The van der Waals surface area contributed by atoms with Crippen molar-refractivity contribution >= 4 is 17.9 Å². The number of unbranched alkanes of at least 4 members (excludes halogenated alkanes) is 42. The van der Waals surface area contributed by atoms with Crippen molar-refractivity contribution in [3.8, 4) is 0 Å². The second-order valence-electron chi connectivity index (χ2n) is 23.1. The summed E-state index contributed by atoms with van der Waals surface area (Å²) in [5.41, 5.74) is 0. The Kier molecular flexibility index (Phi) is 64.2. The van der Waals surface area contributed by atoms with Crippen LogP contribution < -0.4 is 0 Å². The summed E-state index contributed by atoms with van der Waals surface area (Å²) in [4.78, 5) is 38.4. The van der Waals surface area contributed by atoms with Crippen LogP contribution in [0.5, 0.6) is 0 Å². The first-order valence-corrected chi connectivity index (χ1v) is 34.3. The molecular formula is C72H130O6. The van der Waals surface area contributed by atoms with E-state index in [-0.39, 0.29) is 31.1 Å². The number of allylic oxidation sites excluding steroid dienone is 10. The zero-order valence-corrected chi connectivity index (χ0v) is 52.2. The molecule has 0 aliphatic rings. The molecule has 0 spiro atoms.